The van der Waals surface area contributed by atoms with Gasteiger partial charge in [0.1, 0.15) is 0 Å². The second-order valence-corrected chi connectivity index (χ2v) is 15.7. The number of amides is 1. The van der Waals surface area contributed by atoms with Crippen LogP contribution in [0.5, 0.6) is 0 Å². The van der Waals surface area contributed by atoms with E-state index in [2.05, 4.69) is 55.6 Å². The number of allylic oxidation sites excluding steroid dienone is 7. The van der Waals surface area contributed by atoms with Crippen molar-refractivity contribution in [3.05, 3.63) is 48.6 Å². The molecule has 50 heavy (non-hydrogen) atoms. The SMILES string of the molecule is CCCC/C=C/CC/C=C/CC/C=C/C(O)C(CS(=O)(=O)O)NC(=O)CCCCCCCCCCCCC/C=C\CCCCCCCCCC. The summed E-state index contributed by atoms with van der Waals surface area (Å²) in [4.78, 5) is 12.5. The summed E-state index contributed by atoms with van der Waals surface area (Å²) < 4.78 is 32.4. The molecular weight excluding hydrogens is 643 g/mol. The van der Waals surface area contributed by atoms with Gasteiger partial charge in [-0.15, -0.1) is 0 Å². The second-order valence-electron chi connectivity index (χ2n) is 14.2. The van der Waals surface area contributed by atoms with Crippen LogP contribution in [0.1, 0.15) is 200 Å². The molecule has 2 unspecified atom stereocenters. The standard InChI is InChI=1S/C43H79NO5S/c1-3-5-7-9-11-13-15-17-18-19-20-21-22-23-24-25-26-27-29-31-33-35-37-39-43(46)44-41(40-50(47,48)49)42(45)38-36-34-32-30-28-16-14-12-10-8-6-4-2/h10,12,19-20,28,30,36,38,41-42,45H,3-9,11,13-18,21-27,29,31-35,37,39-40H2,1-2H3,(H,44,46)(H,47,48,49)/b12-10+,20-19-,30-28+,38-36+. The first-order valence-corrected chi connectivity index (χ1v) is 22.4. The lowest BCUT2D eigenvalue weighted by Crippen LogP contribution is -2.46. The zero-order valence-corrected chi connectivity index (χ0v) is 33.3. The van der Waals surface area contributed by atoms with E-state index in [1.807, 2.05) is 0 Å². The lowest BCUT2D eigenvalue weighted by Gasteiger charge is -2.21. The van der Waals surface area contributed by atoms with Crippen molar-refractivity contribution in [1.82, 2.24) is 5.32 Å². The van der Waals surface area contributed by atoms with E-state index in [4.69, 9.17) is 0 Å². The Bertz CT molecular complexity index is 972. The Kier molecular flexibility index (Phi) is 35.8. The van der Waals surface area contributed by atoms with Crippen LogP contribution in [0.3, 0.4) is 0 Å². The lowest BCUT2D eigenvalue weighted by molar-refractivity contribution is -0.122. The Labute approximate surface area is 309 Å². The molecule has 0 aliphatic carbocycles. The molecular formula is C43H79NO5S. The molecule has 0 aromatic carbocycles. The van der Waals surface area contributed by atoms with E-state index in [9.17, 15) is 22.9 Å². The quantitative estimate of drug-likeness (QED) is 0.0336. The topological polar surface area (TPSA) is 104 Å². The molecule has 3 N–H and O–H groups in total. The third kappa shape index (κ3) is 37.6. The number of carbonyl (C=O) groups excluding carboxylic acids is 1. The Morgan fingerprint density at radius 3 is 1.32 bits per heavy atom. The van der Waals surface area contributed by atoms with E-state index in [0.717, 1.165) is 44.9 Å². The fraction of sp³-hybridized carbons (Fsp3) is 0.791. The Morgan fingerprint density at radius 1 is 0.520 bits per heavy atom. The van der Waals surface area contributed by atoms with Crippen LogP contribution in [0.4, 0.5) is 0 Å². The molecule has 0 rings (SSSR count). The molecule has 0 heterocycles. The van der Waals surface area contributed by atoms with Gasteiger partial charge in [0.15, 0.2) is 0 Å². The van der Waals surface area contributed by atoms with Crippen molar-refractivity contribution < 1.29 is 22.9 Å². The van der Waals surface area contributed by atoms with Gasteiger partial charge in [0.05, 0.1) is 17.9 Å². The molecule has 2 atom stereocenters. The van der Waals surface area contributed by atoms with Gasteiger partial charge < -0.3 is 10.4 Å². The minimum Gasteiger partial charge on any atom is -0.387 e. The van der Waals surface area contributed by atoms with E-state index in [1.54, 1.807) is 6.08 Å². The number of unbranched alkanes of at least 4 members (excludes halogenated alkanes) is 23. The summed E-state index contributed by atoms with van der Waals surface area (Å²) in [6.07, 6.45) is 49.7. The highest BCUT2D eigenvalue weighted by molar-refractivity contribution is 7.85. The maximum absolute atomic E-state index is 12.5. The predicted molar refractivity (Wildman–Crippen MR) is 216 cm³/mol. The van der Waals surface area contributed by atoms with E-state index < -0.39 is 28.0 Å². The van der Waals surface area contributed by atoms with E-state index in [-0.39, 0.29) is 12.3 Å². The highest BCUT2D eigenvalue weighted by Crippen LogP contribution is 2.14. The number of aliphatic hydroxyl groups excluding tert-OH is 1. The average Bonchev–Trinajstić information content (AvgIpc) is 3.08. The summed E-state index contributed by atoms with van der Waals surface area (Å²) in [6, 6.07) is -1.08. The summed E-state index contributed by atoms with van der Waals surface area (Å²) in [7, 11) is -4.35. The largest absolute Gasteiger partial charge is 0.387 e. The van der Waals surface area contributed by atoms with Crippen LogP contribution in [0.15, 0.2) is 48.6 Å². The average molecular weight is 722 g/mol. The molecule has 0 aliphatic rings. The van der Waals surface area contributed by atoms with Gasteiger partial charge in [-0.3, -0.25) is 9.35 Å². The summed E-state index contributed by atoms with van der Waals surface area (Å²) in [5.41, 5.74) is 0. The van der Waals surface area contributed by atoms with Crippen molar-refractivity contribution in [3.8, 4) is 0 Å². The van der Waals surface area contributed by atoms with E-state index in [1.165, 1.54) is 134 Å². The highest BCUT2D eigenvalue weighted by Gasteiger charge is 2.24. The van der Waals surface area contributed by atoms with E-state index in [0.29, 0.717) is 6.42 Å². The first-order chi connectivity index (χ1) is 24.3. The van der Waals surface area contributed by atoms with Gasteiger partial charge >= 0.3 is 0 Å². The van der Waals surface area contributed by atoms with Crippen LogP contribution in [-0.4, -0.2) is 41.9 Å². The third-order valence-electron chi connectivity index (χ3n) is 9.21. The number of nitrogens with one attached hydrogen (secondary N) is 1. The predicted octanol–water partition coefficient (Wildman–Crippen LogP) is 12.3. The van der Waals surface area contributed by atoms with Crippen molar-refractivity contribution in [2.45, 2.75) is 212 Å². The van der Waals surface area contributed by atoms with Crippen LogP contribution in [-0.2, 0) is 14.9 Å². The van der Waals surface area contributed by atoms with Gasteiger partial charge in [0.2, 0.25) is 5.91 Å². The molecule has 0 aromatic heterocycles. The molecule has 0 radical (unpaired) electrons. The molecule has 292 valence electrons. The van der Waals surface area contributed by atoms with Crippen LogP contribution < -0.4 is 5.32 Å². The van der Waals surface area contributed by atoms with Crippen LogP contribution in [0, 0.1) is 0 Å². The van der Waals surface area contributed by atoms with Crippen molar-refractivity contribution in [2.24, 2.45) is 0 Å². The molecule has 1 amide bonds. The molecule has 7 heteroatoms. The summed E-state index contributed by atoms with van der Waals surface area (Å²) in [5.74, 6) is -1.01. The van der Waals surface area contributed by atoms with Gasteiger partial charge in [0, 0.05) is 6.42 Å². The fourth-order valence-electron chi connectivity index (χ4n) is 6.05. The van der Waals surface area contributed by atoms with Crippen molar-refractivity contribution >= 4 is 16.0 Å². The molecule has 0 aromatic rings. The molecule has 0 saturated heterocycles. The monoisotopic (exact) mass is 722 g/mol. The number of carbonyl (C=O) groups is 1. The normalized spacial score (nSPS) is 13.8. The lowest BCUT2D eigenvalue weighted by atomic mass is 10.0. The van der Waals surface area contributed by atoms with Gasteiger partial charge in [0.25, 0.3) is 10.1 Å². The first kappa shape index (κ1) is 48.3. The molecule has 6 nitrogen and oxygen atoms in total. The van der Waals surface area contributed by atoms with Gasteiger partial charge in [-0.05, 0) is 64.2 Å². The Balaban J connectivity index is 3.86. The highest BCUT2D eigenvalue weighted by atomic mass is 32.2. The first-order valence-electron chi connectivity index (χ1n) is 20.8. The molecule has 0 saturated carbocycles. The number of aliphatic hydroxyl groups is 1. The summed E-state index contributed by atoms with van der Waals surface area (Å²) >= 11 is 0. The van der Waals surface area contributed by atoms with Crippen molar-refractivity contribution in [1.29, 1.82) is 0 Å². The zero-order chi connectivity index (χ0) is 36.8. The van der Waals surface area contributed by atoms with Crippen LogP contribution in [0.2, 0.25) is 0 Å². The molecule has 0 fully saturated rings. The summed E-state index contributed by atoms with van der Waals surface area (Å²) in [5, 5.41) is 13.2. The van der Waals surface area contributed by atoms with Gasteiger partial charge in [-0.25, -0.2) is 0 Å². The Hall–Kier alpha value is -1.70. The van der Waals surface area contributed by atoms with Gasteiger partial charge in [-0.2, -0.15) is 8.42 Å². The smallest absolute Gasteiger partial charge is 0.267 e. The fourth-order valence-corrected chi connectivity index (χ4v) is 6.78. The number of hydrogen-bond donors (Lipinski definition) is 3. The minimum absolute atomic E-state index is 0.283. The maximum Gasteiger partial charge on any atom is 0.267 e. The maximum atomic E-state index is 12.5. The molecule has 0 spiro atoms. The third-order valence-corrected chi connectivity index (χ3v) is 9.99. The molecule has 0 bridgehead atoms. The number of hydrogen-bond acceptors (Lipinski definition) is 4. The Morgan fingerprint density at radius 2 is 0.880 bits per heavy atom. The number of rotatable bonds is 37. The molecule has 0 aliphatic heterocycles. The van der Waals surface area contributed by atoms with Crippen molar-refractivity contribution in [3.63, 3.8) is 0 Å². The van der Waals surface area contributed by atoms with Gasteiger partial charge in [-0.1, -0.05) is 178 Å². The zero-order valence-electron chi connectivity index (χ0n) is 32.5. The second kappa shape index (κ2) is 37.1. The summed E-state index contributed by atoms with van der Waals surface area (Å²) in [6.45, 7) is 4.47. The van der Waals surface area contributed by atoms with Crippen LogP contribution >= 0.6 is 0 Å². The van der Waals surface area contributed by atoms with E-state index >= 15 is 0 Å². The minimum atomic E-state index is -4.35. The van der Waals surface area contributed by atoms with Crippen LogP contribution in [0.25, 0.3) is 0 Å². The van der Waals surface area contributed by atoms with Crippen molar-refractivity contribution in [2.75, 3.05) is 5.75 Å².